The molecule has 0 N–H and O–H groups in total. The molecule has 0 bridgehead atoms. The van der Waals surface area contributed by atoms with Crippen LogP contribution < -0.4 is 0 Å². The molecule has 0 aliphatic carbocycles. The van der Waals surface area contributed by atoms with E-state index < -0.39 is 0 Å². The van der Waals surface area contributed by atoms with E-state index in [0.717, 1.165) is 6.42 Å². The van der Waals surface area contributed by atoms with Crippen molar-refractivity contribution in [2.75, 3.05) is 0 Å². The number of fused-ring (bicyclic) bond motifs is 1. The molecule has 84 valence electrons. The van der Waals surface area contributed by atoms with Gasteiger partial charge in [0.1, 0.15) is 0 Å². The molecule has 0 aliphatic rings. The minimum atomic E-state index is 1.15. The molecular weight excluding hydrogens is 194 g/mol. The molecule has 1 heterocycles. The van der Waals surface area contributed by atoms with E-state index in [4.69, 9.17) is 0 Å². The van der Waals surface area contributed by atoms with Crippen molar-refractivity contribution in [3.63, 3.8) is 0 Å². The van der Waals surface area contributed by atoms with Crippen LogP contribution in [0, 0.1) is 6.92 Å². The predicted molar refractivity (Wildman–Crippen MR) is 69.7 cm³/mol. The van der Waals surface area contributed by atoms with Gasteiger partial charge in [-0.05, 0) is 37.0 Å². The largest absolute Gasteiger partial charge is 0.256 e. The van der Waals surface area contributed by atoms with Gasteiger partial charge in [0.2, 0.25) is 0 Å². The van der Waals surface area contributed by atoms with Crippen LogP contribution in [0.4, 0.5) is 0 Å². The molecule has 0 aliphatic heterocycles. The fourth-order valence-electron chi connectivity index (χ4n) is 2.14. The van der Waals surface area contributed by atoms with Crippen LogP contribution in [-0.4, -0.2) is 4.98 Å². The first-order valence-electron chi connectivity index (χ1n) is 6.16. The lowest BCUT2D eigenvalue weighted by atomic mass is 10.0. The molecule has 0 spiro atoms. The molecule has 2 rings (SSSR count). The maximum atomic E-state index is 4.52. The maximum Gasteiger partial charge on any atom is 0.0736 e. The number of rotatable bonds is 4. The van der Waals surface area contributed by atoms with Crippen molar-refractivity contribution in [3.05, 3.63) is 41.6 Å². The Morgan fingerprint density at radius 1 is 1.12 bits per heavy atom. The average Bonchev–Trinajstić information content (AvgIpc) is 2.33. The van der Waals surface area contributed by atoms with E-state index in [0.29, 0.717) is 0 Å². The van der Waals surface area contributed by atoms with Crippen molar-refractivity contribution in [1.29, 1.82) is 0 Å². The highest BCUT2D eigenvalue weighted by molar-refractivity contribution is 5.84. The summed E-state index contributed by atoms with van der Waals surface area (Å²) < 4.78 is 0. The quantitative estimate of drug-likeness (QED) is 0.691. The standard InChI is InChI=1S/C15H19N/c1-3-4-5-7-13-10-9-12(2)14-8-6-11-16-15(13)14/h6,8-11H,3-5,7H2,1-2H3. The number of unbranched alkanes of at least 4 members (excludes halogenated alkanes) is 2. The maximum absolute atomic E-state index is 4.52. The van der Waals surface area contributed by atoms with Gasteiger partial charge in [-0.25, -0.2) is 0 Å². The Balaban J connectivity index is 2.35. The number of hydrogen-bond acceptors (Lipinski definition) is 1. The van der Waals surface area contributed by atoms with Gasteiger partial charge in [-0.1, -0.05) is 38.0 Å². The van der Waals surface area contributed by atoms with Crippen molar-refractivity contribution in [2.24, 2.45) is 0 Å². The van der Waals surface area contributed by atoms with Gasteiger partial charge in [0.05, 0.1) is 5.52 Å². The Morgan fingerprint density at radius 3 is 2.81 bits per heavy atom. The van der Waals surface area contributed by atoms with Crippen LogP contribution in [0.2, 0.25) is 0 Å². The fourth-order valence-corrected chi connectivity index (χ4v) is 2.14. The zero-order chi connectivity index (χ0) is 11.4. The van der Waals surface area contributed by atoms with Crippen LogP contribution in [0.1, 0.15) is 37.3 Å². The van der Waals surface area contributed by atoms with Crippen LogP contribution in [0.3, 0.4) is 0 Å². The van der Waals surface area contributed by atoms with Crippen LogP contribution >= 0.6 is 0 Å². The Labute approximate surface area is 97.5 Å². The molecule has 0 saturated heterocycles. The number of aryl methyl sites for hydroxylation is 2. The highest BCUT2D eigenvalue weighted by atomic mass is 14.6. The third-order valence-corrected chi connectivity index (χ3v) is 3.12. The predicted octanol–water partition coefficient (Wildman–Crippen LogP) is 4.28. The van der Waals surface area contributed by atoms with Gasteiger partial charge in [-0.15, -0.1) is 0 Å². The van der Waals surface area contributed by atoms with Gasteiger partial charge in [-0.2, -0.15) is 0 Å². The van der Waals surface area contributed by atoms with Crippen molar-refractivity contribution < 1.29 is 0 Å². The number of aromatic nitrogens is 1. The van der Waals surface area contributed by atoms with E-state index in [-0.39, 0.29) is 0 Å². The molecular formula is C15H19N. The second kappa shape index (κ2) is 5.11. The summed E-state index contributed by atoms with van der Waals surface area (Å²) in [5, 5.41) is 1.30. The van der Waals surface area contributed by atoms with Gasteiger partial charge < -0.3 is 0 Å². The fraction of sp³-hybridized carbons (Fsp3) is 0.400. The molecule has 0 radical (unpaired) electrons. The lowest BCUT2D eigenvalue weighted by Gasteiger charge is -2.07. The minimum Gasteiger partial charge on any atom is -0.256 e. The zero-order valence-corrected chi connectivity index (χ0v) is 10.2. The lowest BCUT2D eigenvalue weighted by Crippen LogP contribution is -1.91. The normalized spacial score (nSPS) is 10.9. The van der Waals surface area contributed by atoms with Crippen molar-refractivity contribution >= 4 is 10.9 Å². The summed E-state index contributed by atoms with van der Waals surface area (Å²) in [6.07, 6.45) is 6.90. The van der Waals surface area contributed by atoms with E-state index in [2.05, 4.69) is 37.0 Å². The molecule has 0 atom stereocenters. The van der Waals surface area contributed by atoms with Crippen molar-refractivity contribution in [1.82, 2.24) is 4.98 Å². The summed E-state index contributed by atoms with van der Waals surface area (Å²) >= 11 is 0. The van der Waals surface area contributed by atoms with Crippen molar-refractivity contribution in [3.8, 4) is 0 Å². The molecule has 16 heavy (non-hydrogen) atoms. The highest BCUT2D eigenvalue weighted by Crippen LogP contribution is 2.21. The summed E-state index contributed by atoms with van der Waals surface area (Å²) in [5.41, 5.74) is 3.91. The van der Waals surface area contributed by atoms with Gasteiger partial charge in [-0.3, -0.25) is 4.98 Å². The average molecular weight is 213 g/mol. The van der Waals surface area contributed by atoms with Gasteiger partial charge in [0.25, 0.3) is 0 Å². The van der Waals surface area contributed by atoms with E-state index in [1.165, 1.54) is 41.3 Å². The molecule has 1 heteroatoms. The second-order valence-electron chi connectivity index (χ2n) is 4.40. The molecule has 0 unspecified atom stereocenters. The molecule has 2 aromatic rings. The molecule has 1 nitrogen and oxygen atoms in total. The summed E-state index contributed by atoms with van der Waals surface area (Å²) in [6, 6.07) is 8.64. The first-order chi connectivity index (χ1) is 7.83. The molecule has 1 aromatic heterocycles. The number of pyridine rings is 1. The highest BCUT2D eigenvalue weighted by Gasteiger charge is 2.03. The summed E-state index contributed by atoms with van der Waals surface area (Å²) in [6.45, 7) is 4.39. The van der Waals surface area contributed by atoms with Gasteiger partial charge in [0.15, 0.2) is 0 Å². The first-order valence-corrected chi connectivity index (χ1v) is 6.16. The van der Waals surface area contributed by atoms with E-state index in [1.807, 2.05) is 12.3 Å². The first kappa shape index (κ1) is 11.1. The topological polar surface area (TPSA) is 12.9 Å². The van der Waals surface area contributed by atoms with E-state index >= 15 is 0 Å². The SMILES string of the molecule is CCCCCc1ccc(C)c2cccnc12. The van der Waals surface area contributed by atoms with E-state index in [9.17, 15) is 0 Å². The van der Waals surface area contributed by atoms with Crippen molar-refractivity contribution in [2.45, 2.75) is 39.5 Å². The number of nitrogens with zero attached hydrogens (tertiary/aromatic N) is 1. The molecule has 0 saturated carbocycles. The van der Waals surface area contributed by atoms with Crippen LogP contribution in [0.5, 0.6) is 0 Å². The van der Waals surface area contributed by atoms with Crippen LogP contribution in [0.15, 0.2) is 30.5 Å². The number of benzene rings is 1. The van der Waals surface area contributed by atoms with Gasteiger partial charge >= 0.3 is 0 Å². The zero-order valence-electron chi connectivity index (χ0n) is 10.2. The van der Waals surface area contributed by atoms with Crippen LogP contribution in [-0.2, 0) is 6.42 Å². The Hall–Kier alpha value is -1.37. The molecule has 0 fully saturated rings. The van der Waals surface area contributed by atoms with E-state index in [1.54, 1.807) is 0 Å². The summed E-state index contributed by atoms with van der Waals surface area (Å²) in [7, 11) is 0. The Kier molecular flexibility index (Phi) is 3.55. The van der Waals surface area contributed by atoms with Crippen LogP contribution in [0.25, 0.3) is 10.9 Å². The number of hydrogen-bond donors (Lipinski definition) is 0. The third-order valence-electron chi connectivity index (χ3n) is 3.12. The Morgan fingerprint density at radius 2 is 2.00 bits per heavy atom. The molecule has 0 amide bonds. The minimum absolute atomic E-state index is 1.15. The third kappa shape index (κ3) is 2.24. The van der Waals surface area contributed by atoms with Gasteiger partial charge in [0, 0.05) is 11.6 Å². The molecule has 1 aromatic carbocycles. The summed E-state index contributed by atoms with van der Waals surface area (Å²) in [4.78, 5) is 4.52. The Bertz CT molecular complexity index is 474. The second-order valence-corrected chi connectivity index (χ2v) is 4.40. The summed E-state index contributed by atoms with van der Waals surface area (Å²) in [5.74, 6) is 0. The smallest absolute Gasteiger partial charge is 0.0736 e. The lowest BCUT2D eigenvalue weighted by molar-refractivity contribution is 0.719. The monoisotopic (exact) mass is 213 g/mol.